The molecule has 0 bridgehead atoms. The molecule has 0 fully saturated rings. The van der Waals surface area contributed by atoms with Gasteiger partial charge in [-0.25, -0.2) is 0 Å². The summed E-state index contributed by atoms with van der Waals surface area (Å²) in [5, 5.41) is 0. The fourth-order valence-corrected chi connectivity index (χ4v) is 1.82. The second-order valence-electron chi connectivity index (χ2n) is 1.16. The highest BCUT2D eigenvalue weighted by atomic mass is 127. The molecule has 0 aliphatic heterocycles. The van der Waals surface area contributed by atoms with Crippen molar-refractivity contribution in [2.24, 2.45) is 0 Å². The number of rotatable bonds is 2. The Hall–Kier alpha value is 1.20. The van der Waals surface area contributed by atoms with Gasteiger partial charge in [0.25, 0.3) is 0 Å². The lowest BCUT2D eigenvalue weighted by Gasteiger charge is -1.85. The SMILES string of the molecule is CC/C(I)=C/CI. The molecule has 7 heavy (non-hydrogen) atoms. The van der Waals surface area contributed by atoms with Gasteiger partial charge in [0.1, 0.15) is 0 Å². The summed E-state index contributed by atoms with van der Waals surface area (Å²) in [5.74, 6) is 0. The summed E-state index contributed by atoms with van der Waals surface area (Å²) < 4.78 is 2.61. The van der Waals surface area contributed by atoms with Gasteiger partial charge in [0, 0.05) is 4.43 Å². The Bertz CT molecular complexity index is 66.5. The van der Waals surface area contributed by atoms with E-state index in [0.717, 1.165) is 4.43 Å². The highest BCUT2D eigenvalue weighted by molar-refractivity contribution is 14.1. The van der Waals surface area contributed by atoms with Gasteiger partial charge >= 0.3 is 0 Å². The van der Waals surface area contributed by atoms with Crippen molar-refractivity contribution in [1.82, 2.24) is 0 Å². The standard InChI is InChI=1S/C5H8I2/c1-2-5(7)3-4-6/h3H,2,4H2,1H3/b5-3-. The minimum atomic E-state index is 1.14. The second kappa shape index (κ2) is 5.34. The fourth-order valence-electron chi connectivity index (χ4n) is 0.228. The molecule has 0 N–H and O–H groups in total. The molecule has 0 saturated heterocycles. The van der Waals surface area contributed by atoms with Crippen LogP contribution < -0.4 is 0 Å². The molecule has 0 saturated carbocycles. The maximum atomic E-state index is 2.36. The smallest absolute Gasteiger partial charge is 0.0186 e. The Morgan fingerprint density at radius 1 is 1.71 bits per heavy atom. The molecule has 42 valence electrons. The van der Waals surface area contributed by atoms with Crippen molar-refractivity contribution in [1.29, 1.82) is 0 Å². The van der Waals surface area contributed by atoms with Crippen LogP contribution in [-0.2, 0) is 0 Å². The van der Waals surface area contributed by atoms with Gasteiger partial charge in [-0.05, 0) is 32.6 Å². The largest absolute Gasteiger partial charge is 0.0818 e. The van der Waals surface area contributed by atoms with Gasteiger partial charge in [-0.3, -0.25) is 0 Å². The van der Waals surface area contributed by atoms with Crippen LogP contribution in [0, 0.1) is 0 Å². The van der Waals surface area contributed by atoms with Gasteiger partial charge in [0.15, 0.2) is 0 Å². The maximum Gasteiger partial charge on any atom is 0.0186 e. The van der Waals surface area contributed by atoms with Crippen LogP contribution in [0.5, 0.6) is 0 Å². The molecule has 0 atom stereocenters. The van der Waals surface area contributed by atoms with E-state index in [9.17, 15) is 0 Å². The molecule has 0 spiro atoms. The number of hydrogen-bond donors (Lipinski definition) is 0. The third-order valence-electron chi connectivity index (χ3n) is 0.636. The zero-order valence-corrected chi connectivity index (χ0v) is 8.56. The first-order chi connectivity index (χ1) is 3.31. The first-order valence-corrected chi connectivity index (χ1v) is 4.82. The molecule has 0 radical (unpaired) electrons. The Labute approximate surface area is 72.0 Å². The molecule has 0 aliphatic rings. The van der Waals surface area contributed by atoms with Gasteiger partial charge in [-0.1, -0.05) is 35.6 Å². The summed E-state index contributed by atoms with van der Waals surface area (Å²) >= 11 is 4.71. The van der Waals surface area contributed by atoms with Crippen LogP contribution in [0.25, 0.3) is 0 Å². The van der Waals surface area contributed by atoms with Crippen molar-refractivity contribution in [2.75, 3.05) is 4.43 Å². The molecule has 0 aromatic rings. The predicted octanol–water partition coefficient (Wildman–Crippen LogP) is 3.15. The van der Waals surface area contributed by atoms with Crippen LogP contribution in [-0.4, -0.2) is 4.43 Å². The highest BCUT2D eigenvalue weighted by Crippen LogP contribution is 2.09. The molecule has 0 rings (SSSR count). The van der Waals surface area contributed by atoms with Crippen molar-refractivity contribution >= 4 is 45.2 Å². The predicted molar refractivity (Wildman–Crippen MR) is 51.3 cm³/mol. The monoisotopic (exact) mass is 322 g/mol. The number of alkyl halides is 1. The minimum Gasteiger partial charge on any atom is -0.0818 e. The zero-order chi connectivity index (χ0) is 5.70. The van der Waals surface area contributed by atoms with Crippen LogP contribution in [0.1, 0.15) is 13.3 Å². The van der Waals surface area contributed by atoms with Crippen molar-refractivity contribution < 1.29 is 0 Å². The molecular weight excluding hydrogens is 314 g/mol. The van der Waals surface area contributed by atoms with E-state index in [2.05, 4.69) is 58.2 Å². The van der Waals surface area contributed by atoms with E-state index < -0.39 is 0 Å². The van der Waals surface area contributed by atoms with Crippen molar-refractivity contribution in [3.8, 4) is 0 Å². The van der Waals surface area contributed by atoms with Gasteiger partial charge in [0.2, 0.25) is 0 Å². The van der Waals surface area contributed by atoms with Gasteiger partial charge in [-0.2, -0.15) is 0 Å². The summed E-state index contributed by atoms with van der Waals surface area (Å²) in [6, 6.07) is 0. The van der Waals surface area contributed by atoms with E-state index in [1.54, 1.807) is 0 Å². The molecule has 0 aromatic carbocycles. The summed E-state index contributed by atoms with van der Waals surface area (Å²) in [4.78, 5) is 0. The average Bonchev–Trinajstić information content (AvgIpc) is 1.68. The lowest BCUT2D eigenvalue weighted by atomic mass is 10.4. The van der Waals surface area contributed by atoms with Crippen molar-refractivity contribution in [3.63, 3.8) is 0 Å². The van der Waals surface area contributed by atoms with E-state index in [0.29, 0.717) is 0 Å². The highest BCUT2D eigenvalue weighted by Gasteiger charge is 1.79. The topological polar surface area (TPSA) is 0 Å². The third kappa shape index (κ3) is 5.06. The number of allylic oxidation sites excluding steroid dienone is 2. The quantitative estimate of drug-likeness (QED) is 0.541. The number of halogens is 2. The Morgan fingerprint density at radius 2 is 2.29 bits per heavy atom. The van der Waals surface area contributed by atoms with Crippen LogP contribution in [0.15, 0.2) is 9.66 Å². The first-order valence-electron chi connectivity index (χ1n) is 2.21. The zero-order valence-electron chi connectivity index (χ0n) is 4.25. The second-order valence-corrected chi connectivity index (χ2v) is 3.43. The number of hydrogen-bond acceptors (Lipinski definition) is 0. The molecule has 0 heterocycles. The molecule has 0 amide bonds. The van der Waals surface area contributed by atoms with Crippen LogP contribution >= 0.6 is 45.2 Å². The van der Waals surface area contributed by atoms with Crippen LogP contribution in [0.4, 0.5) is 0 Å². The van der Waals surface area contributed by atoms with Crippen molar-refractivity contribution in [3.05, 3.63) is 9.66 Å². The molecular formula is C5H8I2. The lowest BCUT2D eigenvalue weighted by molar-refractivity contribution is 1.21. The van der Waals surface area contributed by atoms with E-state index in [4.69, 9.17) is 0 Å². The molecule has 0 unspecified atom stereocenters. The van der Waals surface area contributed by atoms with Crippen LogP contribution in [0.3, 0.4) is 0 Å². The van der Waals surface area contributed by atoms with Crippen LogP contribution in [0.2, 0.25) is 0 Å². The normalized spacial score (nSPS) is 12.1. The van der Waals surface area contributed by atoms with Gasteiger partial charge in [-0.15, -0.1) is 0 Å². The average molecular weight is 322 g/mol. The summed E-state index contributed by atoms with van der Waals surface area (Å²) in [7, 11) is 0. The maximum absolute atomic E-state index is 2.36. The molecule has 0 aromatic heterocycles. The Morgan fingerprint density at radius 3 is 2.43 bits per heavy atom. The van der Waals surface area contributed by atoms with Gasteiger partial charge in [0.05, 0.1) is 0 Å². The van der Waals surface area contributed by atoms with Crippen molar-refractivity contribution in [2.45, 2.75) is 13.3 Å². The lowest BCUT2D eigenvalue weighted by Crippen LogP contribution is -1.64. The third-order valence-corrected chi connectivity index (χ3v) is 2.28. The first kappa shape index (κ1) is 8.20. The molecule has 0 nitrogen and oxygen atoms in total. The van der Waals surface area contributed by atoms with E-state index in [1.165, 1.54) is 10.0 Å². The van der Waals surface area contributed by atoms with E-state index in [1.807, 2.05) is 0 Å². The Kier molecular flexibility index (Phi) is 6.25. The summed E-state index contributed by atoms with van der Waals surface area (Å²) in [6.07, 6.45) is 3.42. The van der Waals surface area contributed by atoms with E-state index in [-0.39, 0.29) is 0 Å². The molecule has 2 heteroatoms. The summed E-state index contributed by atoms with van der Waals surface area (Å²) in [6.45, 7) is 2.17. The van der Waals surface area contributed by atoms with Gasteiger partial charge < -0.3 is 0 Å². The minimum absolute atomic E-state index is 1.14. The van der Waals surface area contributed by atoms with E-state index >= 15 is 0 Å². The fraction of sp³-hybridized carbons (Fsp3) is 0.600. The molecule has 0 aliphatic carbocycles. The Balaban J connectivity index is 3.29. The summed E-state index contributed by atoms with van der Waals surface area (Å²) in [5.41, 5.74) is 0.